The molecule has 27 heavy (non-hydrogen) atoms. The Morgan fingerprint density at radius 2 is 1.85 bits per heavy atom. The first-order chi connectivity index (χ1) is 12.9. The van der Waals surface area contributed by atoms with Crippen LogP contribution in [0.5, 0.6) is 5.75 Å². The number of anilines is 1. The highest BCUT2D eigenvalue weighted by atomic mass is 32.2. The van der Waals surface area contributed by atoms with Gasteiger partial charge in [0.25, 0.3) is 10.0 Å². The van der Waals surface area contributed by atoms with Crippen molar-refractivity contribution in [3.63, 3.8) is 0 Å². The predicted molar refractivity (Wildman–Crippen MR) is 101 cm³/mol. The minimum atomic E-state index is -3.76. The van der Waals surface area contributed by atoms with Gasteiger partial charge in [-0.15, -0.1) is 0 Å². The largest absolute Gasteiger partial charge is 0.507 e. The van der Waals surface area contributed by atoms with Gasteiger partial charge in [0.05, 0.1) is 16.1 Å². The maximum atomic E-state index is 12.5. The predicted octanol–water partition coefficient (Wildman–Crippen LogP) is 3.70. The number of rotatable bonds is 4. The van der Waals surface area contributed by atoms with E-state index in [1.54, 1.807) is 30.5 Å². The van der Waals surface area contributed by atoms with E-state index in [1.165, 1.54) is 30.3 Å². The lowest BCUT2D eigenvalue weighted by atomic mass is 10.2. The van der Waals surface area contributed by atoms with E-state index in [2.05, 4.69) is 14.7 Å². The highest BCUT2D eigenvalue weighted by Gasteiger charge is 2.17. The van der Waals surface area contributed by atoms with Gasteiger partial charge in [-0.05, 0) is 43.3 Å². The van der Waals surface area contributed by atoms with E-state index in [0.717, 1.165) is 5.56 Å². The number of sulfonamides is 1. The SMILES string of the molecule is Cc1ccc(S(=O)(=O)Nc2ccc(-c3nc4ncccc4o3)c(O)c2)cc1. The molecule has 2 aromatic carbocycles. The zero-order chi connectivity index (χ0) is 19.0. The molecule has 0 fully saturated rings. The van der Waals surface area contributed by atoms with Gasteiger partial charge in [0, 0.05) is 12.3 Å². The van der Waals surface area contributed by atoms with Crippen LogP contribution in [0, 0.1) is 6.92 Å². The number of oxazole rings is 1. The second-order valence-electron chi connectivity index (χ2n) is 5.99. The van der Waals surface area contributed by atoms with Crippen molar-refractivity contribution in [2.24, 2.45) is 0 Å². The highest BCUT2D eigenvalue weighted by molar-refractivity contribution is 7.92. The van der Waals surface area contributed by atoms with Crippen LogP contribution in [0.3, 0.4) is 0 Å². The Hall–Kier alpha value is -3.39. The van der Waals surface area contributed by atoms with Crippen molar-refractivity contribution in [1.82, 2.24) is 9.97 Å². The number of nitrogens with zero attached hydrogens (tertiary/aromatic N) is 2. The van der Waals surface area contributed by atoms with E-state index < -0.39 is 10.0 Å². The summed E-state index contributed by atoms with van der Waals surface area (Å²) in [4.78, 5) is 8.45. The Kier molecular flexibility index (Phi) is 4.04. The van der Waals surface area contributed by atoms with Crippen LogP contribution >= 0.6 is 0 Å². The second-order valence-corrected chi connectivity index (χ2v) is 7.68. The lowest BCUT2D eigenvalue weighted by Gasteiger charge is -2.09. The van der Waals surface area contributed by atoms with Crippen LogP contribution in [0.2, 0.25) is 0 Å². The first-order valence-electron chi connectivity index (χ1n) is 8.07. The van der Waals surface area contributed by atoms with Crippen molar-refractivity contribution in [1.29, 1.82) is 0 Å². The molecule has 2 N–H and O–H groups in total. The third-order valence-electron chi connectivity index (χ3n) is 3.98. The molecule has 0 aliphatic rings. The summed E-state index contributed by atoms with van der Waals surface area (Å²) in [5, 5.41) is 10.3. The fraction of sp³-hybridized carbons (Fsp3) is 0.0526. The van der Waals surface area contributed by atoms with Gasteiger partial charge >= 0.3 is 0 Å². The van der Waals surface area contributed by atoms with Crippen LogP contribution in [0.15, 0.2) is 70.1 Å². The van der Waals surface area contributed by atoms with Crippen LogP contribution in [-0.2, 0) is 10.0 Å². The lowest BCUT2D eigenvalue weighted by Crippen LogP contribution is -2.12. The summed E-state index contributed by atoms with van der Waals surface area (Å²) in [6.07, 6.45) is 1.59. The summed E-state index contributed by atoms with van der Waals surface area (Å²) in [5.41, 5.74) is 2.45. The van der Waals surface area contributed by atoms with Crippen LogP contribution < -0.4 is 4.72 Å². The molecule has 0 bridgehead atoms. The average molecular weight is 381 g/mol. The van der Waals surface area contributed by atoms with Gasteiger partial charge in [-0.3, -0.25) is 4.72 Å². The average Bonchev–Trinajstić information content (AvgIpc) is 3.05. The first-order valence-corrected chi connectivity index (χ1v) is 9.55. The van der Waals surface area contributed by atoms with Crippen LogP contribution in [-0.4, -0.2) is 23.5 Å². The maximum Gasteiger partial charge on any atom is 0.261 e. The zero-order valence-electron chi connectivity index (χ0n) is 14.2. The smallest absolute Gasteiger partial charge is 0.261 e. The summed E-state index contributed by atoms with van der Waals surface area (Å²) >= 11 is 0. The molecule has 8 heteroatoms. The Labute approximate surface area is 155 Å². The molecule has 7 nitrogen and oxygen atoms in total. The van der Waals surface area contributed by atoms with Gasteiger partial charge in [-0.2, -0.15) is 4.98 Å². The number of hydrogen-bond donors (Lipinski definition) is 2. The van der Waals surface area contributed by atoms with Gasteiger partial charge in [0.15, 0.2) is 11.2 Å². The number of benzene rings is 2. The first kappa shape index (κ1) is 17.0. The highest BCUT2D eigenvalue weighted by Crippen LogP contribution is 2.33. The number of aromatic nitrogens is 2. The number of pyridine rings is 1. The van der Waals surface area contributed by atoms with Crippen molar-refractivity contribution in [3.05, 3.63) is 66.4 Å². The monoisotopic (exact) mass is 381 g/mol. The number of aromatic hydroxyl groups is 1. The molecule has 0 saturated carbocycles. The molecular formula is C19H15N3O4S. The third-order valence-corrected chi connectivity index (χ3v) is 5.37. The van der Waals surface area contributed by atoms with Gasteiger partial charge in [0.2, 0.25) is 5.89 Å². The van der Waals surface area contributed by atoms with Gasteiger partial charge in [-0.25, -0.2) is 13.4 Å². The number of fused-ring (bicyclic) bond motifs is 1. The van der Waals surface area contributed by atoms with Crippen molar-refractivity contribution >= 4 is 26.9 Å². The van der Waals surface area contributed by atoms with Gasteiger partial charge in [-0.1, -0.05) is 17.7 Å². The van der Waals surface area contributed by atoms with Crippen molar-refractivity contribution in [2.75, 3.05) is 4.72 Å². The molecule has 0 unspecified atom stereocenters. The molecule has 136 valence electrons. The van der Waals surface area contributed by atoms with E-state index >= 15 is 0 Å². The summed E-state index contributed by atoms with van der Waals surface area (Å²) < 4.78 is 33.0. The maximum absolute atomic E-state index is 12.5. The molecule has 0 aliphatic heterocycles. The van der Waals surface area contributed by atoms with Gasteiger partial charge < -0.3 is 9.52 Å². The quantitative estimate of drug-likeness (QED) is 0.558. The molecule has 2 heterocycles. The second kappa shape index (κ2) is 6.40. The summed E-state index contributed by atoms with van der Waals surface area (Å²) in [6.45, 7) is 1.88. The fourth-order valence-corrected chi connectivity index (χ4v) is 3.64. The van der Waals surface area contributed by atoms with Crippen molar-refractivity contribution in [2.45, 2.75) is 11.8 Å². The summed E-state index contributed by atoms with van der Waals surface area (Å²) in [5.74, 6) is 0.0415. The molecule has 0 amide bonds. The van der Waals surface area contributed by atoms with Crippen LogP contribution in [0.25, 0.3) is 22.7 Å². The van der Waals surface area contributed by atoms with Crippen molar-refractivity contribution < 1.29 is 17.9 Å². The number of nitrogens with one attached hydrogen (secondary N) is 1. The van der Waals surface area contributed by atoms with E-state index in [9.17, 15) is 13.5 Å². The number of aryl methyl sites for hydroxylation is 1. The number of phenols is 1. The Bertz CT molecular complexity index is 1200. The molecule has 2 aromatic heterocycles. The van der Waals surface area contributed by atoms with Gasteiger partial charge in [0.1, 0.15) is 5.75 Å². The van der Waals surface area contributed by atoms with Crippen LogP contribution in [0.4, 0.5) is 5.69 Å². The standard InChI is InChI=1S/C19H15N3O4S/c1-12-4-7-14(8-5-12)27(24,25)22-13-6-9-15(16(23)11-13)19-21-18-17(26-19)3-2-10-20-18/h2-11,22-23H,1H3. The number of hydrogen-bond acceptors (Lipinski definition) is 6. The molecule has 0 atom stereocenters. The Morgan fingerprint density at radius 3 is 2.56 bits per heavy atom. The molecule has 0 spiro atoms. The van der Waals surface area contributed by atoms with E-state index in [4.69, 9.17) is 4.42 Å². The molecular weight excluding hydrogens is 366 g/mol. The molecule has 4 rings (SSSR count). The minimum Gasteiger partial charge on any atom is -0.507 e. The van der Waals surface area contributed by atoms with E-state index in [1.807, 2.05) is 6.92 Å². The third kappa shape index (κ3) is 3.34. The lowest BCUT2D eigenvalue weighted by molar-refractivity contribution is 0.474. The van der Waals surface area contributed by atoms with Crippen molar-refractivity contribution in [3.8, 4) is 17.2 Å². The Morgan fingerprint density at radius 1 is 1.07 bits per heavy atom. The minimum absolute atomic E-state index is 0.140. The number of phenolic OH excluding ortho intramolecular Hbond substituents is 1. The fourth-order valence-electron chi connectivity index (χ4n) is 2.59. The summed E-state index contributed by atoms with van der Waals surface area (Å²) in [7, 11) is -3.76. The normalized spacial score (nSPS) is 11.6. The molecule has 0 radical (unpaired) electrons. The zero-order valence-corrected chi connectivity index (χ0v) is 15.1. The van der Waals surface area contributed by atoms with Crippen LogP contribution in [0.1, 0.15) is 5.56 Å². The molecule has 0 aliphatic carbocycles. The Balaban J connectivity index is 1.64. The van der Waals surface area contributed by atoms with E-state index in [-0.39, 0.29) is 22.2 Å². The topological polar surface area (TPSA) is 105 Å². The summed E-state index contributed by atoms with van der Waals surface area (Å²) in [6, 6.07) is 14.3. The van der Waals surface area contributed by atoms with E-state index in [0.29, 0.717) is 16.8 Å². The molecule has 0 saturated heterocycles. The molecule has 4 aromatic rings.